The molecule has 1 N–H and O–H groups in total. The molecule has 0 aromatic heterocycles. The average Bonchev–Trinajstić information content (AvgIpc) is 2.79. The van der Waals surface area contributed by atoms with E-state index in [-0.39, 0.29) is 0 Å². The lowest BCUT2D eigenvalue weighted by Gasteiger charge is -2.45. The summed E-state index contributed by atoms with van der Waals surface area (Å²) < 4.78 is 0. The lowest BCUT2D eigenvalue weighted by Crippen LogP contribution is -2.58. The molecule has 3 rings (SSSR count). The number of piperazine rings is 1. The topological polar surface area (TPSA) is 15.3 Å². The fourth-order valence-corrected chi connectivity index (χ4v) is 4.92. The number of hydrogen-bond acceptors (Lipinski definition) is 2. The maximum Gasteiger partial charge on any atom is 0.0223 e. The highest BCUT2D eigenvalue weighted by atomic mass is 15.2. The summed E-state index contributed by atoms with van der Waals surface area (Å²) in [4.78, 5) is 2.84. The van der Waals surface area contributed by atoms with E-state index in [2.05, 4.69) is 24.1 Å². The first-order chi connectivity index (χ1) is 9.17. The zero-order chi connectivity index (χ0) is 13.3. The molecule has 2 atom stereocenters. The van der Waals surface area contributed by atoms with Crippen molar-refractivity contribution in [2.75, 3.05) is 19.6 Å². The quantitative estimate of drug-likeness (QED) is 0.822. The zero-order valence-electron chi connectivity index (χ0n) is 13.0. The van der Waals surface area contributed by atoms with Gasteiger partial charge in [-0.3, -0.25) is 4.90 Å². The van der Waals surface area contributed by atoms with Crippen molar-refractivity contribution in [1.29, 1.82) is 0 Å². The summed E-state index contributed by atoms with van der Waals surface area (Å²) in [5, 5.41) is 3.83. The summed E-state index contributed by atoms with van der Waals surface area (Å²) in [7, 11) is 0. The molecule has 0 aromatic carbocycles. The van der Waals surface area contributed by atoms with Crippen molar-refractivity contribution < 1.29 is 0 Å². The van der Waals surface area contributed by atoms with Crippen LogP contribution < -0.4 is 5.32 Å². The molecule has 2 unspecified atom stereocenters. The van der Waals surface area contributed by atoms with Gasteiger partial charge in [-0.1, -0.05) is 39.5 Å². The van der Waals surface area contributed by atoms with Gasteiger partial charge in [-0.15, -0.1) is 0 Å². The van der Waals surface area contributed by atoms with E-state index in [4.69, 9.17) is 0 Å². The number of rotatable bonds is 2. The van der Waals surface area contributed by atoms with E-state index >= 15 is 0 Å². The molecule has 110 valence electrons. The minimum absolute atomic E-state index is 0.550. The van der Waals surface area contributed by atoms with Crippen LogP contribution in [0.5, 0.6) is 0 Å². The molecule has 0 amide bonds. The van der Waals surface area contributed by atoms with Crippen LogP contribution in [0.1, 0.15) is 65.2 Å². The second-order valence-electron chi connectivity index (χ2n) is 7.85. The van der Waals surface area contributed by atoms with E-state index in [1.165, 1.54) is 71.0 Å². The van der Waals surface area contributed by atoms with Crippen LogP contribution in [0.4, 0.5) is 0 Å². The second-order valence-corrected chi connectivity index (χ2v) is 7.85. The van der Waals surface area contributed by atoms with Crippen LogP contribution in [0, 0.1) is 11.3 Å². The van der Waals surface area contributed by atoms with Crippen molar-refractivity contribution in [3.8, 4) is 0 Å². The predicted octanol–water partition coefficient (Wildman–Crippen LogP) is 3.42. The molecule has 0 bridgehead atoms. The third kappa shape index (κ3) is 3.00. The fraction of sp³-hybridized carbons (Fsp3) is 1.00. The summed E-state index contributed by atoms with van der Waals surface area (Å²) in [6, 6.07) is 1.63. The third-order valence-corrected chi connectivity index (χ3v) is 6.10. The normalized spacial score (nSPS) is 37.6. The Morgan fingerprint density at radius 3 is 2.47 bits per heavy atom. The highest BCUT2D eigenvalue weighted by Crippen LogP contribution is 2.41. The Balaban J connectivity index is 1.61. The van der Waals surface area contributed by atoms with E-state index in [1.54, 1.807) is 0 Å². The Kier molecular flexibility index (Phi) is 4.19. The Hall–Kier alpha value is -0.0800. The molecule has 2 aliphatic carbocycles. The average molecular weight is 264 g/mol. The highest BCUT2D eigenvalue weighted by molar-refractivity contribution is 4.96. The fourth-order valence-electron chi connectivity index (χ4n) is 4.92. The van der Waals surface area contributed by atoms with E-state index in [0.717, 1.165) is 18.0 Å². The van der Waals surface area contributed by atoms with Crippen LogP contribution in [-0.2, 0) is 0 Å². The van der Waals surface area contributed by atoms with Crippen molar-refractivity contribution in [3.05, 3.63) is 0 Å². The molecule has 3 fully saturated rings. The van der Waals surface area contributed by atoms with Crippen LogP contribution in [0.25, 0.3) is 0 Å². The largest absolute Gasteiger partial charge is 0.311 e. The zero-order valence-corrected chi connectivity index (χ0v) is 13.0. The van der Waals surface area contributed by atoms with Gasteiger partial charge in [0.05, 0.1) is 0 Å². The smallest absolute Gasteiger partial charge is 0.0223 e. The van der Waals surface area contributed by atoms with Gasteiger partial charge >= 0.3 is 0 Å². The number of nitrogens with one attached hydrogen (secondary N) is 1. The van der Waals surface area contributed by atoms with E-state index < -0.39 is 0 Å². The van der Waals surface area contributed by atoms with Crippen LogP contribution in [0.2, 0.25) is 0 Å². The monoisotopic (exact) mass is 264 g/mol. The maximum atomic E-state index is 3.83. The van der Waals surface area contributed by atoms with Crippen molar-refractivity contribution >= 4 is 0 Å². The molecular weight excluding hydrogens is 232 g/mol. The van der Waals surface area contributed by atoms with Gasteiger partial charge in [0.25, 0.3) is 0 Å². The maximum absolute atomic E-state index is 3.83. The van der Waals surface area contributed by atoms with Gasteiger partial charge in [0.15, 0.2) is 0 Å². The van der Waals surface area contributed by atoms with Gasteiger partial charge in [-0.05, 0) is 37.0 Å². The van der Waals surface area contributed by atoms with E-state index in [9.17, 15) is 0 Å². The summed E-state index contributed by atoms with van der Waals surface area (Å²) in [5.41, 5.74) is 0.550. The predicted molar refractivity (Wildman–Crippen MR) is 81.4 cm³/mol. The molecule has 0 spiro atoms. The Morgan fingerprint density at radius 1 is 1.00 bits per heavy atom. The van der Waals surface area contributed by atoms with Crippen LogP contribution >= 0.6 is 0 Å². The van der Waals surface area contributed by atoms with Gasteiger partial charge < -0.3 is 5.32 Å². The molecule has 1 aliphatic heterocycles. The molecular formula is C17H32N2. The van der Waals surface area contributed by atoms with E-state index in [1.807, 2.05) is 0 Å². The van der Waals surface area contributed by atoms with Crippen LogP contribution in [0.3, 0.4) is 0 Å². The van der Waals surface area contributed by atoms with Gasteiger partial charge in [0.1, 0.15) is 0 Å². The highest BCUT2D eigenvalue weighted by Gasteiger charge is 2.40. The molecule has 2 saturated carbocycles. The lowest BCUT2D eigenvalue weighted by molar-refractivity contribution is 0.0627. The molecule has 0 radical (unpaired) electrons. The van der Waals surface area contributed by atoms with Crippen LogP contribution in [-0.4, -0.2) is 36.6 Å². The first-order valence-electron chi connectivity index (χ1n) is 8.64. The standard InChI is InChI=1S/C17H32N2/c1-17(2)10-6-9-16(17)19-12-11-18-15(13-19)14-7-4-3-5-8-14/h14-16,18H,3-13H2,1-2H3. The van der Waals surface area contributed by atoms with Gasteiger partial charge in [0.2, 0.25) is 0 Å². The number of nitrogens with zero attached hydrogens (tertiary/aromatic N) is 1. The summed E-state index contributed by atoms with van der Waals surface area (Å²) >= 11 is 0. The van der Waals surface area contributed by atoms with Gasteiger partial charge in [-0.2, -0.15) is 0 Å². The Morgan fingerprint density at radius 2 is 1.79 bits per heavy atom. The lowest BCUT2D eigenvalue weighted by atomic mass is 9.81. The van der Waals surface area contributed by atoms with Crippen LogP contribution in [0.15, 0.2) is 0 Å². The summed E-state index contributed by atoms with van der Waals surface area (Å²) in [6.45, 7) is 8.79. The van der Waals surface area contributed by atoms with Crippen molar-refractivity contribution in [1.82, 2.24) is 10.2 Å². The Labute approximate surface area is 119 Å². The molecule has 1 saturated heterocycles. The first kappa shape index (κ1) is 13.9. The molecule has 2 nitrogen and oxygen atoms in total. The molecule has 1 heterocycles. The molecule has 0 aromatic rings. The van der Waals surface area contributed by atoms with Crippen molar-refractivity contribution in [2.24, 2.45) is 11.3 Å². The van der Waals surface area contributed by atoms with Crippen molar-refractivity contribution in [2.45, 2.75) is 77.3 Å². The minimum atomic E-state index is 0.550. The summed E-state index contributed by atoms with van der Waals surface area (Å²) in [6.07, 6.45) is 11.7. The van der Waals surface area contributed by atoms with E-state index in [0.29, 0.717) is 5.41 Å². The van der Waals surface area contributed by atoms with Crippen molar-refractivity contribution in [3.63, 3.8) is 0 Å². The molecule has 19 heavy (non-hydrogen) atoms. The molecule has 3 aliphatic rings. The third-order valence-electron chi connectivity index (χ3n) is 6.10. The second kappa shape index (κ2) is 5.73. The Bertz CT molecular complexity index is 294. The first-order valence-corrected chi connectivity index (χ1v) is 8.64. The van der Waals surface area contributed by atoms with Gasteiger partial charge in [0, 0.05) is 31.7 Å². The number of hydrogen-bond donors (Lipinski definition) is 1. The van der Waals surface area contributed by atoms with Gasteiger partial charge in [-0.25, -0.2) is 0 Å². The SMILES string of the molecule is CC1(C)CCCC1N1CCNC(C2CCCCC2)C1. The summed E-state index contributed by atoms with van der Waals surface area (Å²) in [5.74, 6) is 0.959. The minimum Gasteiger partial charge on any atom is -0.311 e. The molecule has 2 heteroatoms.